The SMILES string of the molecule is COCC1(COC)C[C@@H](C)[C@H](N)C1. The Hall–Kier alpha value is -0.120. The van der Waals surface area contributed by atoms with Crippen molar-refractivity contribution in [2.45, 2.75) is 25.8 Å². The Bertz CT molecular complexity index is 143. The van der Waals surface area contributed by atoms with Gasteiger partial charge in [0.25, 0.3) is 0 Å². The molecule has 0 aromatic carbocycles. The molecule has 0 amide bonds. The predicted molar refractivity (Wildman–Crippen MR) is 52.6 cm³/mol. The zero-order chi connectivity index (χ0) is 9.90. The highest BCUT2D eigenvalue weighted by atomic mass is 16.5. The van der Waals surface area contributed by atoms with Gasteiger partial charge in [-0.3, -0.25) is 0 Å². The molecule has 0 heterocycles. The molecule has 0 spiro atoms. The first-order valence-electron chi connectivity index (χ1n) is 4.87. The Kier molecular flexibility index (Phi) is 3.71. The summed E-state index contributed by atoms with van der Waals surface area (Å²) < 4.78 is 10.5. The van der Waals surface area contributed by atoms with Gasteiger partial charge in [0, 0.05) is 25.7 Å². The number of nitrogens with two attached hydrogens (primary N) is 1. The van der Waals surface area contributed by atoms with Crippen molar-refractivity contribution >= 4 is 0 Å². The van der Waals surface area contributed by atoms with Crippen molar-refractivity contribution in [2.75, 3.05) is 27.4 Å². The van der Waals surface area contributed by atoms with Crippen molar-refractivity contribution in [3.05, 3.63) is 0 Å². The maximum Gasteiger partial charge on any atom is 0.0541 e. The number of methoxy groups -OCH3 is 2. The fraction of sp³-hybridized carbons (Fsp3) is 1.00. The summed E-state index contributed by atoms with van der Waals surface area (Å²) in [7, 11) is 3.48. The van der Waals surface area contributed by atoms with Crippen molar-refractivity contribution in [1.29, 1.82) is 0 Å². The van der Waals surface area contributed by atoms with E-state index in [1.165, 1.54) is 0 Å². The molecule has 0 radical (unpaired) electrons. The van der Waals surface area contributed by atoms with Crippen molar-refractivity contribution in [3.63, 3.8) is 0 Å². The van der Waals surface area contributed by atoms with Gasteiger partial charge in [0.15, 0.2) is 0 Å². The van der Waals surface area contributed by atoms with Gasteiger partial charge in [-0.25, -0.2) is 0 Å². The fourth-order valence-electron chi connectivity index (χ4n) is 2.51. The van der Waals surface area contributed by atoms with Crippen LogP contribution in [0, 0.1) is 11.3 Å². The lowest BCUT2D eigenvalue weighted by Gasteiger charge is -2.27. The third-order valence-electron chi connectivity index (χ3n) is 3.06. The maximum atomic E-state index is 6.00. The summed E-state index contributed by atoms with van der Waals surface area (Å²) in [4.78, 5) is 0. The summed E-state index contributed by atoms with van der Waals surface area (Å²) in [5, 5.41) is 0. The van der Waals surface area contributed by atoms with Crippen molar-refractivity contribution in [3.8, 4) is 0 Å². The molecule has 0 unspecified atom stereocenters. The number of rotatable bonds is 4. The highest BCUT2D eigenvalue weighted by Gasteiger charge is 2.42. The Labute approximate surface area is 80.6 Å². The van der Waals surface area contributed by atoms with Gasteiger partial charge in [-0.1, -0.05) is 6.92 Å². The van der Waals surface area contributed by atoms with Crippen LogP contribution in [0.15, 0.2) is 0 Å². The van der Waals surface area contributed by atoms with Crippen LogP contribution in [-0.2, 0) is 9.47 Å². The molecule has 3 nitrogen and oxygen atoms in total. The molecule has 3 heteroatoms. The van der Waals surface area contributed by atoms with E-state index in [1.54, 1.807) is 14.2 Å². The van der Waals surface area contributed by atoms with Gasteiger partial charge in [0.2, 0.25) is 0 Å². The van der Waals surface area contributed by atoms with Crippen LogP contribution >= 0.6 is 0 Å². The number of hydrogen-bond acceptors (Lipinski definition) is 3. The normalized spacial score (nSPS) is 32.3. The molecule has 1 aliphatic rings. The summed E-state index contributed by atoms with van der Waals surface area (Å²) in [6, 6.07) is 0.310. The van der Waals surface area contributed by atoms with E-state index in [0.29, 0.717) is 12.0 Å². The van der Waals surface area contributed by atoms with Crippen LogP contribution in [0.1, 0.15) is 19.8 Å². The van der Waals surface area contributed by atoms with E-state index >= 15 is 0 Å². The average molecular weight is 187 g/mol. The molecular weight excluding hydrogens is 166 g/mol. The van der Waals surface area contributed by atoms with Crippen molar-refractivity contribution in [2.24, 2.45) is 17.1 Å². The molecule has 0 aromatic heterocycles. The van der Waals surface area contributed by atoms with E-state index in [9.17, 15) is 0 Å². The van der Waals surface area contributed by atoms with Gasteiger partial charge in [0.1, 0.15) is 0 Å². The molecule has 13 heavy (non-hydrogen) atoms. The Morgan fingerprint density at radius 1 is 1.23 bits per heavy atom. The molecule has 0 saturated heterocycles. The molecule has 2 atom stereocenters. The number of ether oxygens (including phenoxy) is 2. The first-order chi connectivity index (χ1) is 6.13. The van der Waals surface area contributed by atoms with Gasteiger partial charge >= 0.3 is 0 Å². The Morgan fingerprint density at radius 2 is 1.77 bits per heavy atom. The topological polar surface area (TPSA) is 44.5 Å². The predicted octanol–water partition coefficient (Wildman–Crippen LogP) is 1.02. The molecule has 1 saturated carbocycles. The van der Waals surface area contributed by atoms with Crippen LogP contribution in [0.3, 0.4) is 0 Å². The fourth-order valence-corrected chi connectivity index (χ4v) is 2.51. The zero-order valence-electron chi connectivity index (χ0n) is 8.88. The smallest absolute Gasteiger partial charge is 0.0541 e. The van der Waals surface area contributed by atoms with E-state index in [1.807, 2.05) is 0 Å². The van der Waals surface area contributed by atoms with Gasteiger partial charge in [0.05, 0.1) is 13.2 Å². The largest absolute Gasteiger partial charge is 0.384 e. The summed E-state index contributed by atoms with van der Waals surface area (Å²) >= 11 is 0. The van der Waals surface area contributed by atoms with Crippen LogP contribution in [0.4, 0.5) is 0 Å². The minimum atomic E-state index is 0.169. The third kappa shape index (κ3) is 2.42. The minimum Gasteiger partial charge on any atom is -0.384 e. The quantitative estimate of drug-likeness (QED) is 0.714. The van der Waals surface area contributed by atoms with Gasteiger partial charge in [-0.05, 0) is 18.8 Å². The molecule has 78 valence electrons. The van der Waals surface area contributed by atoms with E-state index < -0.39 is 0 Å². The van der Waals surface area contributed by atoms with Crippen LogP contribution in [0.5, 0.6) is 0 Å². The molecular formula is C10H21NO2. The van der Waals surface area contributed by atoms with Crippen LogP contribution in [-0.4, -0.2) is 33.5 Å². The first-order valence-corrected chi connectivity index (χ1v) is 4.87. The van der Waals surface area contributed by atoms with Crippen LogP contribution < -0.4 is 5.73 Å². The second-order valence-electron chi connectivity index (χ2n) is 4.42. The lowest BCUT2D eigenvalue weighted by Crippen LogP contribution is -2.30. The first kappa shape index (κ1) is 11.0. The highest BCUT2D eigenvalue weighted by molar-refractivity contribution is 4.94. The van der Waals surface area contributed by atoms with E-state index in [-0.39, 0.29) is 5.41 Å². The second-order valence-corrected chi connectivity index (χ2v) is 4.42. The summed E-state index contributed by atoms with van der Waals surface area (Å²) in [5.41, 5.74) is 6.17. The van der Waals surface area contributed by atoms with Crippen LogP contribution in [0.2, 0.25) is 0 Å². The van der Waals surface area contributed by atoms with E-state index in [4.69, 9.17) is 15.2 Å². The molecule has 1 aliphatic carbocycles. The van der Waals surface area contributed by atoms with Gasteiger partial charge < -0.3 is 15.2 Å². The zero-order valence-corrected chi connectivity index (χ0v) is 8.88. The van der Waals surface area contributed by atoms with Crippen molar-refractivity contribution in [1.82, 2.24) is 0 Å². The Balaban J connectivity index is 2.58. The third-order valence-corrected chi connectivity index (χ3v) is 3.06. The number of hydrogen-bond donors (Lipinski definition) is 1. The molecule has 1 fully saturated rings. The molecule has 0 bridgehead atoms. The highest BCUT2D eigenvalue weighted by Crippen LogP contribution is 2.41. The second kappa shape index (κ2) is 4.40. The monoisotopic (exact) mass is 187 g/mol. The lowest BCUT2D eigenvalue weighted by atomic mass is 9.87. The summed E-state index contributed by atoms with van der Waals surface area (Å²) in [5.74, 6) is 0.588. The summed E-state index contributed by atoms with van der Waals surface area (Å²) in [6.45, 7) is 3.73. The summed E-state index contributed by atoms with van der Waals surface area (Å²) in [6.07, 6.45) is 2.14. The minimum absolute atomic E-state index is 0.169. The lowest BCUT2D eigenvalue weighted by molar-refractivity contribution is 0.0119. The maximum absolute atomic E-state index is 6.00. The Morgan fingerprint density at radius 3 is 2.08 bits per heavy atom. The molecule has 0 aromatic rings. The molecule has 0 aliphatic heterocycles. The average Bonchev–Trinajstić information content (AvgIpc) is 2.29. The van der Waals surface area contributed by atoms with Gasteiger partial charge in [-0.15, -0.1) is 0 Å². The van der Waals surface area contributed by atoms with E-state index in [0.717, 1.165) is 26.1 Å². The van der Waals surface area contributed by atoms with Gasteiger partial charge in [-0.2, -0.15) is 0 Å². The molecule has 1 rings (SSSR count). The van der Waals surface area contributed by atoms with Crippen molar-refractivity contribution < 1.29 is 9.47 Å². The van der Waals surface area contributed by atoms with Crippen LogP contribution in [0.25, 0.3) is 0 Å². The standard InChI is InChI=1S/C10H21NO2/c1-8-4-10(6-12-2,7-13-3)5-9(8)11/h8-9H,4-7,11H2,1-3H3/t8-,9-/m1/s1. The van der Waals surface area contributed by atoms with E-state index in [2.05, 4.69) is 6.92 Å². The molecule has 2 N–H and O–H groups in total.